The Morgan fingerprint density at radius 3 is 2.88 bits per heavy atom. The van der Waals surface area contributed by atoms with Gasteiger partial charge in [-0.3, -0.25) is 4.90 Å². The smallest absolute Gasteiger partial charge is 0.0589 e. The molecule has 1 saturated heterocycles. The van der Waals surface area contributed by atoms with Crippen molar-refractivity contribution in [3.63, 3.8) is 0 Å². The first-order valence-electron chi connectivity index (χ1n) is 6.74. The van der Waals surface area contributed by atoms with E-state index >= 15 is 0 Å². The third-order valence-corrected chi connectivity index (χ3v) is 3.65. The van der Waals surface area contributed by atoms with Crippen LogP contribution < -0.4 is 5.32 Å². The first-order valence-corrected chi connectivity index (χ1v) is 6.74. The summed E-state index contributed by atoms with van der Waals surface area (Å²) < 4.78 is 0. The molecule has 1 rings (SSSR count). The average molecular weight is 228 g/mol. The maximum Gasteiger partial charge on any atom is 0.0589 e. The van der Waals surface area contributed by atoms with Crippen LogP contribution >= 0.6 is 0 Å². The lowest BCUT2D eigenvalue weighted by molar-refractivity contribution is 0.126. The van der Waals surface area contributed by atoms with Crippen LogP contribution in [0, 0.1) is 11.8 Å². The molecule has 0 aromatic heterocycles. The topological polar surface area (TPSA) is 35.5 Å². The molecule has 0 aromatic rings. The molecule has 0 aliphatic carbocycles. The fourth-order valence-corrected chi connectivity index (χ4v) is 2.60. The number of hydrogen-bond acceptors (Lipinski definition) is 3. The molecule has 0 amide bonds. The number of nitrogens with one attached hydrogen (secondary N) is 1. The summed E-state index contributed by atoms with van der Waals surface area (Å²) in [4.78, 5) is 2.46. The number of likely N-dealkylation sites (tertiary alicyclic amines) is 1. The van der Waals surface area contributed by atoms with Crippen molar-refractivity contribution in [2.24, 2.45) is 11.8 Å². The normalized spacial score (nSPS) is 28.5. The third kappa shape index (κ3) is 4.04. The van der Waals surface area contributed by atoms with Crippen LogP contribution in [0.25, 0.3) is 0 Å². The molecule has 16 heavy (non-hydrogen) atoms. The van der Waals surface area contributed by atoms with Crippen LogP contribution in [0.2, 0.25) is 0 Å². The lowest BCUT2D eigenvalue weighted by Gasteiger charge is -2.27. The molecular weight excluding hydrogens is 200 g/mol. The molecule has 1 fully saturated rings. The lowest BCUT2D eigenvalue weighted by Crippen LogP contribution is -2.40. The highest BCUT2D eigenvalue weighted by Crippen LogP contribution is 2.24. The summed E-state index contributed by atoms with van der Waals surface area (Å²) in [6, 6.07) is 0.397. The van der Waals surface area contributed by atoms with Gasteiger partial charge in [0, 0.05) is 12.6 Å². The first kappa shape index (κ1) is 13.9. The van der Waals surface area contributed by atoms with Gasteiger partial charge in [-0.1, -0.05) is 20.8 Å². The molecule has 0 aromatic carbocycles. The maximum atomic E-state index is 9.38. The van der Waals surface area contributed by atoms with Gasteiger partial charge in [-0.15, -0.1) is 0 Å². The zero-order valence-corrected chi connectivity index (χ0v) is 11.1. The van der Waals surface area contributed by atoms with Gasteiger partial charge in [0.15, 0.2) is 0 Å². The van der Waals surface area contributed by atoms with E-state index in [1.807, 2.05) is 0 Å². The summed E-state index contributed by atoms with van der Waals surface area (Å²) in [6.07, 6.45) is 2.44. The second-order valence-electron chi connectivity index (χ2n) is 5.32. The zero-order chi connectivity index (χ0) is 12.0. The van der Waals surface area contributed by atoms with Crippen molar-refractivity contribution >= 4 is 0 Å². The number of aliphatic hydroxyl groups is 1. The van der Waals surface area contributed by atoms with Gasteiger partial charge >= 0.3 is 0 Å². The van der Waals surface area contributed by atoms with Gasteiger partial charge in [-0.25, -0.2) is 0 Å². The maximum absolute atomic E-state index is 9.38. The second kappa shape index (κ2) is 7.25. The Morgan fingerprint density at radius 2 is 2.25 bits per heavy atom. The molecule has 1 heterocycles. The van der Waals surface area contributed by atoms with Gasteiger partial charge < -0.3 is 10.4 Å². The molecule has 3 heteroatoms. The Kier molecular flexibility index (Phi) is 6.32. The summed E-state index contributed by atoms with van der Waals surface area (Å²) >= 11 is 0. The minimum Gasteiger partial charge on any atom is -0.395 e. The predicted molar refractivity (Wildman–Crippen MR) is 68.6 cm³/mol. The summed E-state index contributed by atoms with van der Waals surface area (Å²) in [6.45, 7) is 11.5. The van der Waals surface area contributed by atoms with E-state index < -0.39 is 0 Å². The van der Waals surface area contributed by atoms with Crippen LogP contribution in [0.4, 0.5) is 0 Å². The van der Waals surface area contributed by atoms with Crippen molar-refractivity contribution in [1.29, 1.82) is 0 Å². The van der Waals surface area contributed by atoms with Crippen molar-refractivity contribution in [2.75, 3.05) is 32.8 Å². The number of nitrogens with zero attached hydrogens (tertiary/aromatic N) is 1. The van der Waals surface area contributed by atoms with Crippen LogP contribution in [-0.2, 0) is 0 Å². The monoisotopic (exact) mass is 228 g/mol. The highest BCUT2D eigenvalue weighted by atomic mass is 16.3. The Morgan fingerprint density at radius 1 is 1.50 bits per heavy atom. The van der Waals surface area contributed by atoms with Crippen molar-refractivity contribution in [3.05, 3.63) is 0 Å². The Labute approximate surface area is 100 Å². The summed E-state index contributed by atoms with van der Waals surface area (Å²) in [5, 5.41) is 12.8. The van der Waals surface area contributed by atoms with Crippen molar-refractivity contribution in [1.82, 2.24) is 10.2 Å². The van der Waals surface area contributed by atoms with E-state index in [4.69, 9.17) is 0 Å². The van der Waals surface area contributed by atoms with Gasteiger partial charge in [-0.2, -0.15) is 0 Å². The number of rotatable bonds is 7. The SMILES string of the molecule is CCCNCC(C)CN1CCC(C)C1CO. The summed E-state index contributed by atoms with van der Waals surface area (Å²) in [5.41, 5.74) is 0. The number of aliphatic hydroxyl groups excluding tert-OH is 1. The van der Waals surface area contributed by atoms with Gasteiger partial charge in [0.2, 0.25) is 0 Å². The van der Waals surface area contributed by atoms with Crippen LogP contribution in [0.5, 0.6) is 0 Å². The Balaban J connectivity index is 2.25. The molecule has 0 radical (unpaired) electrons. The fourth-order valence-electron chi connectivity index (χ4n) is 2.60. The van der Waals surface area contributed by atoms with E-state index in [1.54, 1.807) is 0 Å². The molecule has 0 bridgehead atoms. The Bertz CT molecular complexity index is 187. The van der Waals surface area contributed by atoms with Crippen molar-refractivity contribution in [2.45, 2.75) is 39.7 Å². The highest BCUT2D eigenvalue weighted by Gasteiger charge is 2.30. The van der Waals surface area contributed by atoms with Crippen LogP contribution in [0.1, 0.15) is 33.6 Å². The quantitative estimate of drug-likeness (QED) is 0.645. The third-order valence-electron chi connectivity index (χ3n) is 3.65. The second-order valence-corrected chi connectivity index (χ2v) is 5.32. The van der Waals surface area contributed by atoms with E-state index in [0.717, 1.165) is 26.2 Å². The number of hydrogen-bond donors (Lipinski definition) is 2. The fraction of sp³-hybridized carbons (Fsp3) is 1.00. The van der Waals surface area contributed by atoms with Gasteiger partial charge in [0.25, 0.3) is 0 Å². The minimum absolute atomic E-state index is 0.316. The van der Waals surface area contributed by atoms with Gasteiger partial charge in [-0.05, 0) is 44.3 Å². The molecule has 96 valence electrons. The van der Waals surface area contributed by atoms with Crippen molar-refractivity contribution < 1.29 is 5.11 Å². The van der Waals surface area contributed by atoms with E-state index in [1.165, 1.54) is 12.8 Å². The predicted octanol–water partition coefficient (Wildman–Crippen LogP) is 1.32. The van der Waals surface area contributed by atoms with E-state index in [2.05, 4.69) is 31.0 Å². The zero-order valence-electron chi connectivity index (χ0n) is 11.1. The Hall–Kier alpha value is -0.120. The first-order chi connectivity index (χ1) is 7.69. The van der Waals surface area contributed by atoms with E-state index in [0.29, 0.717) is 24.5 Å². The molecule has 1 aliphatic rings. The van der Waals surface area contributed by atoms with Gasteiger partial charge in [0.1, 0.15) is 0 Å². The molecule has 1 aliphatic heterocycles. The minimum atomic E-state index is 0.316. The molecular formula is C13H28N2O. The molecule has 3 nitrogen and oxygen atoms in total. The van der Waals surface area contributed by atoms with Crippen LogP contribution in [0.15, 0.2) is 0 Å². The average Bonchev–Trinajstić information content (AvgIpc) is 2.59. The summed E-state index contributed by atoms with van der Waals surface area (Å²) in [7, 11) is 0. The van der Waals surface area contributed by atoms with E-state index in [-0.39, 0.29) is 0 Å². The standard InChI is InChI=1S/C13H28N2O/c1-4-6-14-8-11(2)9-15-7-5-12(3)13(15)10-16/h11-14,16H,4-10H2,1-3H3. The molecule has 2 N–H and O–H groups in total. The summed E-state index contributed by atoms with van der Waals surface area (Å²) in [5.74, 6) is 1.33. The van der Waals surface area contributed by atoms with Crippen LogP contribution in [0.3, 0.4) is 0 Å². The lowest BCUT2D eigenvalue weighted by atomic mass is 10.0. The molecule has 0 spiro atoms. The largest absolute Gasteiger partial charge is 0.395 e. The molecule has 3 atom stereocenters. The molecule has 0 saturated carbocycles. The van der Waals surface area contributed by atoms with E-state index in [9.17, 15) is 5.11 Å². The molecule has 3 unspecified atom stereocenters. The van der Waals surface area contributed by atoms with Gasteiger partial charge in [0.05, 0.1) is 6.61 Å². The van der Waals surface area contributed by atoms with Crippen molar-refractivity contribution in [3.8, 4) is 0 Å². The van der Waals surface area contributed by atoms with Crippen LogP contribution in [-0.4, -0.2) is 48.8 Å². The highest BCUT2D eigenvalue weighted by molar-refractivity contribution is 4.85.